The normalized spacial score (nSPS) is 10.1. The average Bonchev–Trinajstić information content (AvgIpc) is 2.30. The molecule has 0 atom stereocenters. The quantitative estimate of drug-likeness (QED) is 0.769. The largest absolute Gasteiger partial charge is 0.357 e. The fraction of sp³-hybridized carbons (Fsp3) is 0.667. The molecule has 0 aliphatic heterocycles. The number of hydrogen-bond acceptors (Lipinski definition) is 6. The van der Waals surface area contributed by atoms with E-state index in [4.69, 9.17) is 0 Å². The molecule has 1 aromatic rings. The molecule has 1 rings (SSSR count). The van der Waals surface area contributed by atoms with Crippen LogP contribution in [0, 0.1) is 0 Å². The molecule has 0 radical (unpaired) electrons. The first kappa shape index (κ1) is 12.0. The van der Waals surface area contributed by atoms with Crippen molar-refractivity contribution in [2.45, 2.75) is 19.0 Å². The number of rotatable bonds is 5. The predicted octanol–water partition coefficient (Wildman–Crippen LogP) is 1.48. The van der Waals surface area contributed by atoms with E-state index in [1.165, 1.54) is 11.8 Å². The highest BCUT2D eigenvalue weighted by Gasteiger charge is 2.09. The minimum atomic E-state index is 0.622. The fourth-order valence-corrected chi connectivity index (χ4v) is 1.55. The first-order valence-electron chi connectivity index (χ1n) is 4.97. The summed E-state index contributed by atoms with van der Waals surface area (Å²) < 4.78 is 0. The molecule has 1 aromatic heterocycles. The van der Waals surface area contributed by atoms with Gasteiger partial charge in [-0.2, -0.15) is 15.0 Å². The lowest BCUT2D eigenvalue weighted by Gasteiger charge is -2.18. The SMILES string of the molecule is CCN(CC)c1nc(NC)nc(SC)n1. The molecule has 0 aliphatic carbocycles. The lowest BCUT2D eigenvalue weighted by molar-refractivity contribution is 0.785. The monoisotopic (exact) mass is 227 g/mol. The Hall–Kier alpha value is -1.04. The van der Waals surface area contributed by atoms with E-state index in [1.807, 2.05) is 13.3 Å². The Kier molecular flexibility index (Phi) is 4.61. The van der Waals surface area contributed by atoms with Crippen molar-refractivity contribution >= 4 is 23.7 Å². The van der Waals surface area contributed by atoms with E-state index in [2.05, 4.69) is 39.0 Å². The molecule has 0 bridgehead atoms. The molecule has 0 saturated carbocycles. The van der Waals surface area contributed by atoms with Crippen LogP contribution in [0.3, 0.4) is 0 Å². The molecule has 0 amide bonds. The van der Waals surface area contributed by atoms with Crippen molar-refractivity contribution in [3.8, 4) is 0 Å². The molecule has 0 spiro atoms. The van der Waals surface area contributed by atoms with Crippen molar-refractivity contribution in [2.24, 2.45) is 0 Å². The highest BCUT2D eigenvalue weighted by Crippen LogP contribution is 2.15. The van der Waals surface area contributed by atoms with E-state index in [0.717, 1.165) is 24.2 Å². The van der Waals surface area contributed by atoms with Crippen LogP contribution in [0.1, 0.15) is 13.8 Å². The first-order chi connectivity index (χ1) is 7.24. The van der Waals surface area contributed by atoms with Gasteiger partial charge in [-0.25, -0.2) is 0 Å². The van der Waals surface area contributed by atoms with Gasteiger partial charge in [-0.05, 0) is 20.1 Å². The molecule has 0 saturated heterocycles. The highest BCUT2D eigenvalue weighted by atomic mass is 32.2. The summed E-state index contributed by atoms with van der Waals surface area (Å²) in [6.07, 6.45) is 1.96. The van der Waals surface area contributed by atoms with E-state index >= 15 is 0 Å². The number of nitrogens with one attached hydrogen (secondary N) is 1. The molecular formula is C9H17N5S. The minimum absolute atomic E-state index is 0.622. The summed E-state index contributed by atoms with van der Waals surface area (Å²) in [6.45, 7) is 5.98. The minimum Gasteiger partial charge on any atom is -0.357 e. The van der Waals surface area contributed by atoms with Crippen molar-refractivity contribution in [1.82, 2.24) is 15.0 Å². The summed E-state index contributed by atoms with van der Waals surface area (Å²) in [4.78, 5) is 15.0. The molecule has 1 heterocycles. The van der Waals surface area contributed by atoms with Crippen LogP contribution in [-0.4, -0.2) is 41.3 Å². The standard InChI is InChI=1S/C9H17N5S/c1-5-14(6-2)8-11-7(10-3)12-9(13-8)15-4/h5-6H2,1-4H3,(H,10,11,12,13). The van der Waals surface area contributed by atoms with Crippen molar-refractivity contribution in [3.05, 3.63) is 0 Å². The second-order valence-corrected chi connectivity index (χ2v) is 3.64. The van der Waals surface area contributed by atoms with Crippen LogP contribution in [0.2, 0.25) is 0 Å². The zero-order valence-electron chi connectivity index (χ0n) is 9.61. The van der Waals surface area contributed by atoms with E-state index in [9.17, 15) is 0 Å². The molecule has 15 heavy (non-hydrogen) atoms. The number of anilines is 2. The molecule has 0 unspecified atom stereocenters. The van der Waals surface area contributed by atoms with Crippen LogP contribution >= 0.6 is 11.8 Å². The van der Waals surface area contributed by atoms with Gasteiger partial charge in [0.15, 0.2) is 5.16 Å². The Morgan fingerprint density at radius 2 is 1.87 bits per heavy atom. The Bertz CT molecular complexity index is 291. The Morgan fingerprint density at radius 1 is 1.20 bits per heavy atom. The van der Waals surface area contributed by atoms with E-state index in [-0.39, 0.29) is 0 Å². The van der Waals surface area contributed by atoms with Gasteiger partial charge >= 0.3 is 0 Å². The van der Waals surface area contributed by atoms with Crippen LogP contribution in [0.4, 0.5) is 11.9 Å². The lowest BCUT2D eigenvalue weighted by Crippen LogP contribution is -2.25. The van der Waals surface area contributed by atoms with Crippen LogP contribution in [0.5, 0.6) is 0 Å². The topological polar surface area (TPSA) is 53.9 Å². The summed E-state index contributed by atoms with van der Waals surface area (Å²) >= 11 is 1.52. The van der Waals surface area contributed by atoms with Crippen LogP contribution in [0.15, 0.2) is 5.16 Å². The summed E-state index contributed by atoms with van der Waals surface area (Å²) in [6, 6.07) is 0. The highest BCUT2D eigenvalue weighted by molar-refractivity contribution is 7.98. The van der Waals surface area contributed by atoms with Gasteiger partial charge in [-0.1, -0.05) is 11.8 Å². The molecule has 6 heteroatoms. The second-order valence-electron chi connectivity index (χ2n) is 2.87. The Balaban J connectivity index is 3.05. The maximum atomic E-state index is 4.37. The Morgan fingerprint density at radius 3 is 2.33 bits per heavy atom. The third-order valence-corrected chi connectivity index (χ3v) is 2.60. The second kappa shape index (κ2) is 5.75. The number of nitrogens with zero attached hydrogens (tertiary/aromatic N) is 4. The molecule has 5 nitrogen and oxygen atoms in total. The molecular weight excluding hydrogens is 210 g/mol. The smallest absolute Gasteiger partial charge is 0.231 e. The Labute approximate surface area is 94.7 Å². The maximum absolute atomic E-state index is 4.37. The van der Waals surface area contributed by atoms with Gasteiger partial charge in [-0.3, -0.25) is 0 Å². The number of hydrogen-bond donors (Lipinski definition) is 1. The lowest BCUT2D eigenvalue weighted by atomic mass is 10.5. The predicted molar refractivity (Wildman–Crippen MR) is 64.7 cm³/mol. The summed E-state index contributed by atoms with van der Waals surface area (Å²) in [5.74, 6) is 1.36. The van der Waals surface area contributed by atoms with Crippen LogP contribution in [-0.2, 0) is 0 Å². The van der Waals surface area contributed by atoms with Crippen LogP contribution < -0.4 is 10.2 Å². The fourth-order valence-electron chi connectivity index (χ4n) is 1.20. The first-order valence-corrected chi connectivity index (χ1v) is 6.20. The number of thioether (sulfide) groups is 1. The average molecular weight is 227 g/mol. The zero-order valence-corrected chi connectivity index (χ0v) is 10.4. The van der Waals surface area contributed by atoms with Gasteiger partial charge in [0.2, 0.25) is 11.9 Å². The van der Waals surface area contributed by atoms with Gasteiger partial charge in [0.1, 0.15) is 0 Å². The third kappa shape index (κ3) is 2.95. The molecule has 0 aliphatic rings. The van der Waals surface area contributed by atoms with Crippen molar-refractivity contribution < 1.29 is 0 Å². The zero-order chi connectivity index (χ0) is 11.3. The molecule has 1 N–H and O–H groups in total. The van der Waals surface area contributed by atoms with Gasteiger partial charge in [0.05, 0.1) is 0 Å². The summed E-state index contributed by atoms with van der Waals surface area (Å²) in [5, 5.41) is 3.69. The van der Waals surface area contributed by atoms with Gasteiger partial charge in [0, 0.05) is 20.1 Å². The molecule has 0 fully saturated rings. The van der Waals surface area contributed by atoms with Crippen molar-refractivity contribution in [2.75, 3.05) is 36.6 Å². The summed E-state index contributed by atoms with van der Waals surface area (Å²) in [5.41, 5.74) is 0. The van der Waals surface area contributed by atoms with E-state index in [1.54, 1.807) is 0 Å². The van der Waals surface area contributed by atoms with Gasteiger partial charge < -0.3 is 10.2 Å². The molecule has 84 valence electrons. The van der Waals surface area contributed by atoms with E-state index in [0.29, 0.717) is 5.95 Å². The number of aromatic nitrogens is 3. The van der Waals surface area contributed by atoms with Gasteiger partial charge in [-0.15, -0.1) is 0 Å². The van der Waals surface area contributed by atoms with Crippen molar-refractivity contribution in [3.63, 3.8) is 0 Å². The van der Waals surface area contributed by atoms with Gasteiger partial charge in [0.25, 0.3) is 0 Å². The van der Waals surface area contributed by atoms with Crippen molar-refractivity contribution in [1.29, 1.82) is 0 Å². The van der Waals surface area contributed by atoms with E-state index < -0.39 is 0 Å². The van der Waals surface area contributed by atoms with Crippen LogP contribution in [0.25, 0.3) is 0 Å². The maximum Gasteiger partial charge on any atom is 0.231 e. The molecule has 0 aromatic carbocycles. The third-order valence-electron chi connectivity index (χ3n) is 2.06. The summed E-state index contributed by atoms with van der Waals surface area (Å²) in [7, 11) is 1.81.